The summed E-state index contributed by atoms with van der Waals surface area (Å²) in [5.41, 5.74) is 1.70. The number of urea groups is 1. The van der Waals surface area contributed by atoms with Crippen molar-refractivity contribution in [3.8, 4) is 11.4 Å². The summed E-state index contributed by atoms with van der Waals surface area (Å²) in [7, 11) is 0. The van der Waals surface area contributed by atoms with Crippen LogP contribution in [0.1, 0.15) is 19.8 Å². The Balaban J connectivity index is 1.30. The molecule has 31 heavy (non-hydrogen) atoms. The number of nitrogens with zero attached hydrogens (tertiary/aromatic N) is 2. The molecule has 2 heterocycles. The Morgan fingerprint density at radius 2 is 1.97 bits per heavy atom. The molecule has 3 aromatic rings. The van der Waals surface area contributed by atoms with Crippen molar-refractivity contribution in [1.82, 2.24) is 20.2 Å². The Morgan fingerprint density at radius 3 is 2.68 bits per heavy atom. The number of carbonyl (C=O) groups is 3. The van der Waals surface area contributed by atoms with Crippen LogP contribution in [0.2, 0.25) is 0 Å². The highest BCUT2D eigenvalue weighted by Crippen LogP contribution is 2.42. The van der Waals surface area contributed by atoms with E-state index in [0.717, 1.165) is 23.3 Å². The Bertz CT molecular complexity index is 1220. The van der Waals surface area contributed by atoms with Crippen LogP contribution in [0.5, 0.6) is 0 Å². The number of benzene rings is 2. The van der Waals surface area contributed by atoms with Crippen molar-refractivity contribution in [3.05, 3.63) is 48.3 Å². The van der Waals surface area contributed by atoms with Crippen LogP contribution < -0.4 is 10.6 Å². The first-order chi connectivity index (χ1) is 14.8. The molecule has 1 saturated heterocycles. The molecular formula is C22H20FN5O3. The Hall–Kier alpha value is -3.75. The number of rotatable bonds is 5. The highest BCUT2D eigenvalue weighted by atomic mass is 19.1. The zero-order valence-electron chi connectivity index (χ0n) is 16.7. The summed E-state index contributed by atoms with van der Waals surface area (Å²) in [4.78, 5) is 46.0. The van der Waals surface area contributed by atoms with Gasteiger partial charge in [-0.1, -0.05) is 0 Å². The van der Waals surface area contributed by atoms with E-state index in [-0.39, 0.29) is 24.2 Å². The van der Waals surface area contributed by atoms with Gasteiger partial charge in [0.05, 0.1) is 11.0 Å². The molecule has 0 bridgehead atoms. The summed E-state index contributed by atoms with van der Waals surface area (Å²) in [5, 5.41) is 5.45. The normalized spacial score (nSPS) is 20.9. The quantitative estimate of drug-likeness (QED) is 0.551. The second kappa shape index (κ2) is 6.90. The highest BCUT2D eigenvalue weighted by Gasteiger charge is 2.56. The van der Waals surface area contributed by atoms with Gasteiger partial charge in [0.2, 0.25) is 5.91 Å². The summed E-state index contributed by atoms with van der Waals surface area (Å²) in [6.45, 7) is 1.36. The number of amides is 4. The molecule has 1 unspecified atom stereocenters. The van der Waals surface area contributed by atoms with E-state index in [0.29, 0.717) is 22.5 Å². The van der Waals surface area contributed by atoms with Crippen LogP contribution in [0.4, 0.5) is 14.9 Å². The highest BCUT2D eigenvalue weighted by molar-refractivity contribution is 6.10. The lowest BCUT2D eigenvalue weighted by Gasteiger charge is -2.20. The van der Waals surface area contributed by atoms with Crippen LogP contribution in [-0.4, -0.2) is 44.8 Å². The first-order valence-corrected chi connectivity index (χ1v) is 10.0. The fourth-order valence-electron chi connectivity index (χ4n) is 3.97. The van der Waals surface area contributed by atoms with Gasteiger partial charge in [-0.05, 0) is 68.1 Å². The van der Waals surface area contributed by atoms with E-state index < -0.39 is 17.5 Å². The summed E-state index contributed by atoms with van der Waals surface area (Å²) in [6, 6.07) is 10.6. The van der Waals surface area contributed by atoms with Crippen molar-refractivity contribution < 1.29 is 18.8 Å². The lowest BCUT2D eigenvalue weighted by Crippen LogP contribution is -2.46. The molecule has 2 aromatic carbocycles. The molecule has 4 amide bonds. The average Bonchev–Trinajstić information content (AvgIpc) is 3.48. The third kappa shape index (κ3) is 3.41. The zero-order chi connectivity index (χ0) is 21.8. The van der Waals surface area contributed by atoms with Gasteiger partial charge in [0.15, 0.2) is 0 Å². The fourth-order valence-corrected chi connectivity index (χ4v) is 3.97. The van der Waals surface area contributed by atoms with Crippen LogP contribution in [0.25, 0.3) is 22.4 Å². The lowest BCUT2D eigenvalue weighted by atomic mass is 9.96. The molecule has 0 radical (unpaired) electrons. The number of imide groups is 1. The fraction of sp³-hybridized carbons (Fsp3) is 0.273. The molecule has 1 atom stereocenters. The van der Waals surface area contributed by atoms with E-state index in [4.69, 9.17) is 0 Å². The maximum Gasteiger partial charge on any atom is 0.325 e. The van der Waals surface area contributed by atoms with Crippen molar-refractivity contribution >= 4 is 34.6 Å². The summed E-state index contributed by atoms with van der Waals surface area (Å²) < 4.78 is 13.1. The molecule has 1 aromatic heterocycles. The number of nitrogens with one attached hydrogen (secondary N) is 3. The standard InChI is InChI=1S/C22H20FN5O3/c1-22(13-4-5-13)20(30)28(21(31)27-22)11-18(29)24-15-8-9-16-17(10-15)26-19(25-16)12-2-6-14(23)7-3-12/h2-3,6-10,13H,4-5,11H2,1H3,(H,24,29)(H,25,26)(H,27,31). The second-order valence-electron chi connectivity index (χ2n) is 8.17. The van der Waals surface area contributed by atoms with Crippen molar-refractivity contribution in [3.63, 3.8) is 0 Å². The second-order valence-corrected chi connectivity index (χ2v) is 8.17. The average molecular weight is 421 g/mol. The van der Waals surface area contributed by atoms with Crippen molar-refractivity contribution in [2.45, 2.75) is 25.3 Å². The Morgan fingerprint density at radius 1 is 1.23 bits per heavy atom. The number of H-pyrrole nitrogens is 1. The number of hydrogen-bond acceptors (Lipinski definition) is 4. The number of halogens is 1. The van der Waals surface area contributed by atoms with Crippen LogP contribution in [0.3, 0.4) is 0 Å². The Labute approximate surface area is 176 Å². The van der Waals surface area contributed by atoms with E-state index in [1.54, 1.807) is 37.3 Å². The monoisotopic (exact) mass is 421 g/mol. The van der Waals surface area contributed by atoms with Gasteiger partial charge in [-0.3, -0.25) is 14.5 Å². The minimum Gasteiger partial charge on any atom is -0.338 e. The smallest absolute Gasteiger partial charge is 0.325 e. The zero-order valence-corrected chi connectivity index (χ0v) is 16.7. The third-order valence-electron chi connectivity index (χ3n) is 5.88. The van der Waals surface area contributed by atoms with Gasteiger partial charge in [0, 0.05) is 11.3 Å². The first kappa shape index (κ1) is 19.2. The number of anilines is 1. The van der Waals surface area contributed by atoms with Crippen molar-refractivity contribution in [2.24, 2.45) is 5.92 Å². The van der Waals surface area contributed by atoms with Gasteiger partial charge in [-0.25, -0.2) is 14.2 Å². The number of hydrogen-bond donors (Lipinski definition) is 3. The van der Waals surface area contributed by atoms with E-state index in [9.17, 15) is 18.8 Å². The van der Waals surface area contributed by atoms with Gasteiger partial charge >= 0.3 is 6.03 Å². The molecule has 1 aliphatic carbocycles. The molecule has 9 heteroatoms. The van der Waals surface area contributed by atoms with E-state index in [1.807, 2.05) is 0 Å². The van der Waals surface area contributed by atoms with Gasteiger partial charge in [0.1, 0.15) is 23.7 Å². The van der Waals surface area contributed by atoms with Crippen LogP contribution >= 0.6 is 0 Å². The minimum absolute atomic E-state index is 0.134. The van der Waals surface area contributed by atoms with E-state index in [1.165, 1.54) is 12.1 Å². The number of imidazole rings is 1. The van der Waals surface area contributed by atoms with E-state index in [2.05, 4.69) is 20.6 Å². The SMILES string of the molecule is CC1(C2CC2)NC(=O)N(CC(=O)Nc2ccc3nc(-c4ccc(F)cc4)[nH]c3c2)C1=O. The number of aromatic amines is 1. The largest absolute Gasteiger partial charge is 0.338 e. The van der Waals surface area contributed by atoms with Gasteiger partial charge in [-0.2, -0.15) is 0 Å². The Kier molecular flexibility index (Phi) is 4.28. The van der Waals surface area contributed by atoms with E-state index >= 15 is 0 Å². The van der Waals surface area contributed by atoms with Crippen LogP contribution in [0.15, 0.2) is 42.5 Å². The molecule has 158 valence electrons. The molecule has 1 saturated carbocycles. The van der Waals surface area contributed by atoms with Crippen LogP contribution in [0, 0.1) is 11.7 Å². The molecule has 2 fully saturated rings. The number of fused-ring (bicyclic) bond motifs is 1. The predicted molar refractivity (Wildman–Crippen MR) is 111 cm³/mol. The summed E-state index contributed by atoms with van der Waals surface area (Å²) in [6.07, 6.45) is 1.79. The third-order valence-corrected chi connectivity index (χ3v) is 5.88. The predicted octanol–water partition coefficient (Wildman–Crippen LogP) is 3.03. The van der Waals surface area contributed by atoms with Gasteiger partial charge in [-0.15, -0.1) is 0 Å². The molecular weight excluding hydrogens is 401 g/mol. The van der Waals surface area contributed by atoms with Crippen molar-refractivity contribution in [1.29, 1.82) is 0 Å². The van der Waals surface area contributed by atoms with Crippen molar-refractivity contribution in [2.75, 3.05) is 11.9 Å². The molecule has 5 rings (SSSR count). The van der Waals surface area contributed by atoms with Crippen LogP contribution in [-0.2, 0) is 9.59 Å². The molecule has 8 nitrogen and oxygen atoms in total. The maximum atomic E-state index is 13.1. The molecule has 0 spiro atoms. The topological polar surface area (TPSA) is 107 Å². The number of aromatic nitrogens is 2. The molecule has 3 N–H and O–H groups in total. The molecule has 1 aliphatic heterocycles. The van der Waals surface area contributed by atoms with Gasteiger partial charge < -0.3 is 15.6 Å². The van der Waals surface area contributed by atoms with Gasteiger partial charge in [0.25, 0.3) is 5.91 Å². The summed E-state index contributed by atoms with van der Waals surface area (Å²) >= 11 is 0. The maximum absolute atomic E-state index is 13.1. The molecule has 2 aliphatic rings. The lowest BCUT2D eigenvalue weighted by molar-refractivity contribution is -0.134. The summed E-state index contributed by atoms with van der Waals surface area (Å²) in [5.74, 6) is -0.441. The first-order valence-electron chi connectivity index (χ1n) is 10.0. The minimum atomic E-state index is -0.914. The number of carbonyl (C=O) groups excluding carboxylic acids is 3.